The number of aromatic nitrogens is 1. The molecule has 0 bridgehead atoms. The van der Waals surface area contributed by atoms with E-state index in [-0.39, 0.29) is 16.4 Å². The molecule has 1 amide bonds. The van der Waals surface area contributed by atoms with Crippen LogP contribution in [-0.2, 0) is 6.18 Å². The fourth-order valence-electron chi connectivity index (χ4n) is 2.94. The third kappa shape index (κ3) is 4.27. The van der Waals surface area contributed by atoms with Gasteiger partial charge in [-0.3, -0.25) is 9.78 Å². The Balaban J connectivity index is 1.83. The van der Waals surface area contributed by atoms with E-state index < -0.39 is 17.6 Å². The first-order valence-corrected chi connectivity index (χ1v) is 8.61. The molecule has 1 aromatic carbocycles. The molecule has 1 aliphatic heterocycles. The third-order valence-electron chi connectivity index (χ3n) is 4.23. The van der Waals surface area contributed by atoms with E-state index in [1.165, 1.54) is 18.7 Å². The summed E-state index contributed by atoms with van der Waals surface area (Å²) in [6, 6.07) is 6.62. The van der Waals surface area contributed by atoms with E-state index in [9.17, 15) is 18.0 Å². The summed E-state index contributed by atoms with van der Waals surface area (Å²) in [5.41, 5.74) is -0.434. The van der Waals surface area contributed by atoms with Crippen molar-refractivity contribution in [1.82, 2.24) is 4.98 Å². The van der Waals surface area contributed by atoms with E-state index in [1.54, 1.807) is 12.1 Å². The van der Waals surface area contributed by atoms with Crippen LogP contribution in [0.3, 0.4) is 0 Å². The zero-order chi connectivity index (χ0) is 18.7. The van der Waals surface area contributed by atoms with Crippen LogP contribution in [0.1, 0.15) is 35.3 Å². The zero-order valence-electron chi connectivity index (χ0n) is 13.8. The summed E-state index contributed by atoms with van der Waals surface area (Å²) < 4.78 is 39.5. The van der Waals surface area contributed by atoms with E-state index in [0.717, 1.165) is 43.8 Å². The van der Waals surface area contributed by atoms with Crippen LogP contribution >= 0.6 is 11.6 Å². The van der Waals surface area contributed by atoms with Gasteiger partial charge in [0.1, 0.15) is 5.69 Å². The van der Waals surface area contributed by atoms with Crippen molar-refractivity contribution in [2.75, 3.05) is 23.3 Å². The van der Waals surface area contributed by atoms with Gasteiger partial charge in [0.2, 0.25) is 0 Å². The van der Waals surface area contributed by atoms with Crippen LogP contribution in [-0.4, -0.2) is 24.0 Å². The fraction of sp³-hybridized carbons (Fsp3) is 0.333. The van der Waals surface area contributed by atoms with Crippen molar-refractivity contribution in [3.05, 3.63) is 52.8 Å². The van der Waals surface area contributed by atoms with Crippen molar-refractivity contribution in [3.63, 3.8) is 0 Å². The Bertz CT molecular complexity index is 805. The molecule has 1 aromatic heterocycles. The van der Waals surface area contributed by atoms with Crippen LogP contribution in [0.15, 0.2) is 36.5 Å². The number of rotatable bonds is 3. The number of nitrogens with one attached hydrogen (secondary N) is 1. The maximum Gasteiger partial charge on any atom is 0.418 e. The summed E-state index contributed by atoms with van der Waals surface area (Å²) >= 11 is 5.65. The molecule has 1 saturated heterocycles. The maximum absolute atomic E-state index is 13.2. The lowest BCUT2D eigenvalue weighted by molar-refractivity contribution is -0.136. The lowest BCUT2D eigenvalue weighted by Gasteiger charge is -2.28. The standard InChI is InChI=1S/C18H17ClF3N3O/c19-12-4-5-15(14(10-12)18(20,21)22)24-17(26)16-11-13(6-7-23-16)25-8-2-1-3-9-25/h4-7,10-11H,1-3,8-9H2,(H,24,26). The van der Waals surface area contributed by atoms with Gasteiger partial charge in [0.15, 0.2) is 0 Å². The number of piperidine rings is 1. The van der Waals surface area contributed by atoms with Crippen LogP contribution in [0, 0.1) is 0 Å². The van der Waals surface area contributed by atoms with E-state index in [1.807, 2.05) is 0 Å². The summed E-state index contributed by atoms with van der Waals surface area (Å²) in [5, 5.41) is 2.24. The zero-order valence-corrected chi connectivity index (χ0v) is 14.6. The molecule has 1 aliphatic rings. The monoisotopic (exact) mass is 383 g/mol. The van der Waals surface area contributed by atoms with Crippen molar-refractivity contribution >= 4 is 28.9 Å². The summed E-state index contributed by atoms with van der Waals surface area (Å²) in [6.45, 7) is 1.78. The van der Waals surface area contributed by atoms with E-state index in [4.69, 9.17) is 11.6 Å². The summed E-state index contributed by atoms with van der Waals surface area (Å²) in [4.78, 5) is 18.6. The second-order valence-electron chi connectivity index (χ2n) is 6.09. The minimum atomic E-state index is -4.63. The van der Waals surface area contributed by atoms with Gasteiger partial charge in [0, 0.05) is 30.0 Å². The van der Waals surface area contributed by atoms with Crippen LogP contribution in [0.25, 0.3) is 0 Å². The Hall–Kier alpha value is -2.28. The van der Waals surface area contributed by atoms with Crippen LogP contribution < -0.4 is 10.2 Å². The number of anilines is 2. The molecule has 4 nitrogen and oxygen atoms in total. The number of alkyl halides is 3. The Morgan fingerprint density at radius 3 is 2.54 bits per heavy atom. The van der Waals surface area contributed by atoms with Gasteiger partial charge in [-0.2, -0.15) is 13.2 Å². The lowest BCUT2D eigenvalue weighted by atomic mass is 10.1. The van der Waals surface area contributed by atoms with E-state index in [2.05, 4.69) is 15.2 Å². The largest absolute Gasteiger partial charge is 0.418 e. The smallest absolute Gasteiger partial charge is 0.371 e. The van der Waals surface area contributed by atoms with E-state index in [0.29, 0.717) is 0 Å². The molecule has 1 fully saturated rings. The van der Waals surface area contributed by atoms with Crippen molar-refractivity contribution in [2.24, 2.45) is 0 Å². The normalized spacial score (nSPS) is 15.0. The maximum atomic E-state index is 13.2. The molecule has 2 heterocycles. The molecular formula is C18H17ClF3N3O. The number of amides is 1. The Labute approximate surface area is 154 Å². The molecule has 0 unspecified atom stereocenters. The highest BCUT2D eigenvalue weighted by molar-refractivity contribution is 6.30. The Kier molecular flexibility index (Phi) is 5.36. The first-order chi connectivity index (χ1) is 12.3. The number of carbonyl (C=O) groups excluding carboxylic acids is 1. The molecule has 3 rings (SSSR count). The van der Waals surface area contributed by atoms with Gasteiger partial charge in [-0.05, 0) is 49.6 Å². The lowest BCUT2D eigenvalue weighted by Crippen LogP contribution is -2.29. The molecule has 1 N–H and O–H groups in total. The number of benzene rings is 1. The molecule has 2 aromatic rings. The molecule has 26 heavy (non-hydrogen) atoms. The predicted molar refractivity (Wildman–Crippen MR) is 94.7 cm³/mol. The number of carbonyl (C=O) groups is 1. The summed E-state index contributed by atoms with van der Waals surface area (Å²) in [5.74, 6) is -0.698. The average Bonchev–Trinajstić information content (AvgIpc) is 2.63. The van der Waals surface area contributed by atoms with Gasteiger partial charge >= 0.3 is 6.18 Å². The van der Waals surface area contributed by atoms with Crippen molar-refractivity contribution in [2.45, 2.75) is 25.4 Å². The highest BCUT2D eigenvalue weighted by Crippen LogP contribution is 2.36. The first kappa shape index (κ1) is 18.5. The van der Waals surface area contributed by atoms with Crippen LogP contribution in [0.4, 0.5) is 24.5 Å². The quantitative estimate of drug-likeness (QED) is 0.811. The minimum Gasteiger partial charge on any atom is -0.371 e. The van der Waals surface area contributed by atoms with Gasteiger partial charge in [0.05, 0.1) is 11.3 Å². The second kappa shape index (κ2) is 7.53. The number of hydrogen-bond acceptors (Lipinski definition) is 3. The Morgan fingerprint density at radius 1 is 1.12 bits per heavy atom. The number of halogens is 4. The molecule has 8 heteroatoms. The number of hydrogen-bond donors (Lipinski definition) is 1. The molecule has 0 radical (unpaired) electrons. The average molecular weight is 384 g/mol. The topological polar surface area (TPSA) is 45.2 Å². The van der Waals surface area contributed by atoms with Gasteiger partial charge < -0.3 is 10.2 Å². The van der Waals surface area contributed by atoms with Crippen molar-refractivity contribution in [3.8, 4) is 0 Å². The van der Waals surface area contributed by atoms with Crippen molar-refractivity contribution in [1.29, 1.82) is 0 Å². The number of nitrogens with zero attached hydrogens (tertiary/aromatic N) is 2. The molecule has 0 atom stereocenters. The second-order valence-corrected chi connectivity index (χ2v) is 6.53. The highest BCUT2D eigenvalue weighted by atomic mass is 35.5. The summed E-state index contributed by atoms with van der Waals surface area (Å²) in [6.07, 6.45) is 0.181. The molecule has 0 spiro atoms. The molecular weight excluding hydrogens is 367 g/mol. The molecule has 0 saturated carbocycles. The molecule has 138 valence electrons. The fourth-order valence-corrected chi connectivity index (χ4v) is 3.11. The first-order valence-electron chi connectivity index (χ1n) is 8.24. The van der Waals surface area contributed by atoms with Crippen LogP contribution in [0.2, 0.25) is 5.02 Å². The number of pyridine rings is 1. The SMILES string of the molecule is O=C(Nc1ccc(Cl)cc1C(F)(F)F)c1cc(N2CCCCC2)ccn1. The minimum absolute atomic E-state index is 0.0551. The van der Waals surface area contributed by atoms with Gasteiger partial charge in [-0.1, -0.05) is 11.6 Å². The van der Waals surface area contributed by atoms with Crippen molar-refractivity contribution < 1.29 is 18.0 Å². The summed E-state index contributed by atoms with van der Waals surface area (Å²) in [7, 11) is 0. The highest BCUT2D eigenvalue weighted by Gasteiger charge is 2.34. The van der Waals surface area contributed by atoms with E-state index >= 15 is 0 Å². The van der Waals surface area contributed by atoms with Gasteiger partial charge in [-0.15, -0.1) is 0 Å². The van der Waals surface area contributed by atoms with Gasteiger partial charge in [-0.25, -0.2) is 0 Å². The molecule has 0 aliphatic carbocycles. The third-order valence-corrected chi connectivity index (χ3v) is 4.47. The predicted octanol–water partition coefficient (Wildman–Crippen LogP) is 5.00. The van der Waals surface area contributed by atoms with Gasteiger partial charge in [0.25, 0.3) is 5.91 Å². The Morgan fingerprint density at radius 2 is 1.85 bits per heavy atom. The van der Waals surface area contributed by atoms with Crippen LogP contribution in [0.5, 0.6) is 0 Å².